The SMILES string of the molecule is Cc1cc(=O)n(CCN2CCN(c3ccc4ncnc(OC5CCOC5)c4c3)CC2)cn1. The second-order valence-electron chi connectivity index (χ2n) is 8.37. The van der Waals surface area contributed by atoms with Gasteiger partial charge in [-0.25, -0.2) is 15.0 Å². The van der Waals surface area contributed by atoms with Gasteiger partial charge in [0.05, 0.1) is 30.4 Å². The van der Waals surface area contributed by atoms with Gasteiger partial charge in [0.25, 0.3) is 5.56 Å². The molecular weight excluding hydrogens is 408 g/mol. The molecule has 1 atom stereocenters. The smallest absolute Gasteiger partial charge is 0.253 e. The Morgan fingerprint density at radius 3 is 2.75 bits per heavy atom. The molecule has 0 N–H and O–H groups in total. The summed E-state index contributed by atoms with van der Waals surface area (Å²) in [5, 5.41) is 0.936. The number of anilines is 1. The summed E-state index contributed by atoms with van der Waals surface area (Å²) in [6.07, 6.45) is 4.14. The third kappa shape index (κ3) is 4.58. The fraction of sp³-hybridized carbons (Fsp3) is 0.478. The fourth-order valence-corrected chi connectivity index (χ4v) is 4.24. The van der Waals surface area contributed by atoms with Crippen LogP contribution in [0.2, 0.25) is 0 Å². The molecule has 2 aromatic heterocycles. The predicted octanol–water partition coefficient (Wildman–Crippen LogP) is 1.48. The lowest BCUT2D eigenvalue weighted by Crippen LogP contribution is -2.47. The summed E-state index contributed by atoms with van der Waals surface area (Å²) in [5.74, 6) is 0.628. The highest BCUT2D eigenvalue weighted by atomic mass is 16.5. The molecular formula is C23H28N6O3. The van der Waals surface area contributed by atoms with E-state index in [-0.39, 0.29) is 11.7 Å². The molecule has 9 heteroatoms. The van der Waals surface area contributed by atoms with E-state index < -0.39 is 0 Å². The molecule has 0 spiro atoms. The lowest BCUT2D eigenvalue weighted by Gasteiger charge is -2.36. The van der Waals surface area contributed by atoms with Crippen LogP contribution in [0.25, 0.3) is 10.9 Å². The molecule has 1 unspecified atom stereocenters. The maximum Gasteiger partial charge on any atom is 0.253 e. The van der Waals surface area contributed by atoms with Crippen LogP contribution in [0.15, 0.2) is 41.7 Å². The van der Waals surface area contributed by atoms with Crippen LogP contribution in [-0.4, -0.2) is 76.5 Å². The maximum absolute atomic E-state index is 12.1. The Labute approximate surface area is 186 Å². The Bertz CT molecular complexity index is 1140. The number of piperazine rings is 1. The van der Waals surface area contributed by atoms with Crippen LogP contribution >= 0.6 is 0 Å². The van der Waals surface area contributed by atoms with Gasteiger partial charge in [-0.3, -0.25) is 14.3 Å². The van der Waals surface area contributed by atoms with Crippen molar-refractivity contribution in [1.29, 1.82) is 0 Å². The Hall–Kier alpha value is -3.04. The van der Waals surface area contributed by atoms with Gasteiger partial charge >= 0.3 is 0 Å². The van der Waals surface area contributed by atoms with E-state index in [1.807, 2.05) is 13.0 Å². The third-order valence-electron chi connectivity index (χ3n) is 6.16. The summed E-state index contributed by atoms with van der Waals surface area (Å²) in [6.45, 7) is 8.41. The van der Waals surface area contributed by atoms with Crippen molar-refractivity contribution < 1.29 is 9.47 Å². The zero-order chi connectivity index (χ0) is 21.9. The number of ether oxygens (including phenoxy) is 2. The van der Waals surface area contributed by atoms with E-state index in [1.165, 1.54) is 0 Å². The molecule has 0 amide bonds. The number of hydrogen-bond acceptors (Lipinski definition) is 8. The van der Waals surface area contributed by atoms with E-state index in [0.717, 1.165) is 68.0 Å². The monoisotopic (exact) mass is 436 g/mol. The summed E-state index contributed by atoms with van der Waals surface area (Å²) in [5.41, 5.74) is 2.80. The molecule has 32 heavy (non-hydrogen) atoms. The second kappa shape index (κ2) is 9.22. The van der Waals surface area contributed by atoms with Crippen molar-refractivity contribution in [3.05, 3.63) is 53.0 Å². The highest BCUT2D eigenvalue weighted by molar-refractivity contribution is 5.86. The van der Waals surface area contributed by atoms with Crippen molar-refractivity contribution in [3.8, 4) is 5.88 Å². The zero-order valence-electron chi connectivity index (χ0n) is 18.3. The highest BCUT2D eigenvalue weighted by Crippen LogP contribution is 2.28. The largest absolute Gasteiger partial charge is 0.471 e. The Morgan fingerprint density at radius 1 is 1.09 bits per heavy atom. The van der Waals surface area contributed by atoms with Crippen LogP contribution in [0.1, 0.15) is 12.1 Å². The van der Waals surface area contributed by atoms with Gasteiger partial charge in [-0.2, -0.15) is 0 Å². The first-order chi connectivity index (χ1) is 15.7. The number of aromatic nitrogens is 4. The lowest BCUT2D eigenvalue weighted by molar-refractivity contribution is 0.139. The first kappa shape index (κ1) is 20.8. The van der Waals surface area contributed by atoms with E-state index >= 15 is 0 Å². The molecule has 2 fully saturated rings. The van der Waals surface area contributed by atoms with Gasteiger partial charge in [0.15, 0.2) is 0 Å². The van der Waals surface area contributed by atoms with Gasteiger partial charge in [0.2, 0.25) is 5.88 Å². The van der Waals surface area contributed by atoms with Crippen LogP contribution in [0.5, 0.6) is 5.88 Å². The van der Waals surface area contributed by atoms with Crippen LogP contribution in [0, 0.1) is 6.92 Å². The van der Waals surface area contributed by atoms with Crippen molar-refractivity contribution >= 4 is 16.6 Å². The van der Waals surface area contributed by atoms with Gasteiger partial charge in [-0.1, -0.05) is 0 Å². The van der Waals surface area contributed by atoms with Crippen LogP contribution in [0.4, 0.5) is 5.69 Å². The van der Waals surface area contributed by atoms with Gasteiger partial charge in [-0.15, -0.1) is 0 Å². The van der Waals surface area contributed by atoms with Gasteiger partial charge < -0.3 is 14.4 Å². The summed E-state index contributed by atoms with van der Waals surface area (Å²) in [6, 6.07) is 7.87. The van der Waals surface area contributed by atoms with Gasteiger partial charge in [0, 0.05) is 63.1 Å². The molecule has 168 valence electrons. The number of benzene rings is 1. The van der Waals surface area contributed by atoms with Crippen LogP contribution in [-0.2, 0) is 11.3 Å². The first-order valence-corrected chi connectivity index (χ1v) is 11.2. The summed E-state index contributed by atoms with van der Waals surface area (Å²) >= 11 is 0. The number of rotatable bonds is 6. The van der Waals surface area contributed by atoms with Crippen molar-refractivity contribution in [1.82, 2.24) is 24.4 Å². The van der Waals surface area contributed by atoms with Gasteiger partial charge in [-0.05, 0) is 25.1 Å². The molecule has 2 aliphatic rings. The molecule has 5 rings (SSSR count). The normalized spacial score (nSPS) is 19.5. The van der Waals surface area contributed by atoms with Gasteiger partial charge in [0.1, 0.15) is 12.4 Å². The molecule has 2 saturated heterocycles. The Morgan fingerprint density at radius 2 is 1.97 bits per heavy atom. The molecule has 2 aliphatic heterocycles. The van der Waals surface area contributed by atoms with Crippen LogP contribution in [0.3, 0.4) is 0 Å². The minimum atomic E-state index is 0.0108. The molecule has 4 heterocycles. The average molecular weight is 437 g/mol. The third-order valence-corrected chi connectivity index (χ3v) is 6.16. The zero-order valence-corrected chi connectivity index (χ0v) is 18.3. The van der Waals surface area contributed by atoms with E-state index in [0.29, 0.717) is 19.0 Å². The summed E-state index contributed by atoms with van der Waals surface area (Å²) in [7, 11) is 0. The minimum absolute atomic E-state index is 0.0108. The first-order valence-electron chi connectivity index (χ1n) is 11.2. The molecule has 3 aromatic rings. The molecule has 0 radical (unpaired) electrons. The van der Waals surface area contributed by atoms with Crippen molar-refractivity contribution in [3.63, 3.8) is 0 Å². The summed E-state index contributed by atoms with van der Waals surface area (Å²) in [4.78, 5) is 29.8. The molecule has 0 bridgehead atoms. The van der Waals surface area contributed by atoms with E-state index in [4.69, 9.17) is 9.47 Å². The Balaban J connectivity index is 1.23. The van der Waals surface area contributed by atoms with E-state index in [2.05, 4.69) is 36.9 Å². The van der Waals surface area contributed by atoms with E-state index in [9.17, 15) is 4.79 Å². The minimum Gasteiger partial charge on any atom is -0.471 e. The highest BCUT2D eigenvalue weighted by Gasteiger charge is 2.21. The Kier molecular flexibility index (Phi) is 6.00. The fourth-order valence-electron chi connectivity index (χ4n) is 4.24. The second-order valence-corrected chi connectivity index (χ2v) is 8.37. The predicted molar refractivity (Wildman–Crippen MR) is 121 cm³/mol. The molecule has 9 nitrogen and oxygen atoms in total. The molecule has 0 saturated carbocycles. The van der Waals surface area contributed by atoms with Crippen LogP contribution < -0.4 is 15.2 Å². The topological polar surface area (TPSA) is 85.6 Å². The standard InChI is InChI=1S/C23H28N6O3/c1-17-12-22(30)29(16-26-17)10-7-27-5-8-28(9-6-27)18-2-3-21-20(13-18)23(25-15-24-21)32-19-4-11-31-14-19/h2-3,12-13,15-16,19H,4-11,14H2,1H3. The van der Waals surface area contributed by atoms with Crippen molar-refractivity contribution in [2.75, 3.05) is 50.8 Å². The molecule has 1 aromatic carbocycles. The average Bonchev–Trinajstić information content (AvgIpc) is 3.32. The van der Waals surface area contributed by atoms with Crippen molar-refractivity contribution in [2.24, 2.45) is 0 Å². The number of aryl methyl sites for hydroxylation is 1. The lowest BCUT2D eigenvalue weighted by atomic mass is 10.2. The van der Waals surface area contributed by atoms with E-state index in [1.54, 1.807) is 23.3 Å². The summed E-state index contributed by atoms with van der Waals surface area (Å²) < 4.78 is 13.2. The number of nitrogens with zero attached hydrogens (tertiary/aromatic N) is 6. The molecule has 0 aliphatic carbocycles. The number of fused-ring (bicyclic) bond motifs is 1. The van der Waals surface area contributed by atoms with Crippen molar-refractivity contribution in [2.45, 2.75) is 26.0 Å². The maximum atomic E-state index is 12.1. The quantitative estimate of drug-likeness (QED) is 0.575. The number of hydrogen-bond donors (Lipinski definition) is 0.